The average molecular weight is 793 g/mol. The Morgan fingerprint density at radius 2 is 0.679 bits per heavy atom. The lowest BCUT2D eigenvalue weighted by Gasteiger charge is -2.18. The number of unbranched alkanes of at least 4 members (excludes halogenated alkanes) is 28. The van der Waals surface area contributed by atoms with E-state index in [0.717, 1.165) is 69.6 Å². The van der Waals surface area contributed by atoms with Crippen LogP contribution in [0.1, 0.15) is 272 Å². The molecule has 0 aliphatic rings. The van der Waals surface area contributed by atoms with Crippen molar-refractivity contribution in [1.29, 1.82) is 0 Å². The Hall–Kier alpha value is -1.59. The normalized spacial score (nSPS) is 12.5. The Bertz CT molecular complexity index is 856. The highest BCUT2D eigenvalue weighted by molar-refractivity contribution is 5.71. The van der Waals surface area contributed by atoms with E-state index in [1.165, 1.54) is 161 Å². The number of carbonyl (C=O) groups is 3. The van der Waals surface area contributed by atoms with Gasteiger partial charge in [-0.2, -0.15) is 0 Å². The lowest BCUT2D eigenvalue weighted by molar-refractivity contribution is -0.167. The molecule has 0 bridgehead atoms. The van der Waals surface area contributed by atoms with Crippen LogP contribution in [0.4, 0.5) is 0 Å². The summed E-state index contributed by atoms with van der Waals surface area (Å²) >= 11 is 0. The molecule has 0 aromatic rings. The molecule has 0 aliphatic carbocycles. The minimum absolute atomic E-state index is 0.0650. The molecule has 0 heterocycles. The van der Waals surface area contributed by atoms with Gasteiger partial charge in [0.2, 0.25) is 0 Å². The van der Waals surface area contributed by atoms with Crippen molar-refractivity contribution < 1.29 is 28.6 Å². The van der Waals surface area contributed by atoms with Crippen LogP contribution in [0, 0.1) is 11.8 Å². The van der Waals surface area contributed by atoms with Gasteiger partial charge in [0.05, 0.1) is 0 Å². The second-order valence-corrected chi connectivity index (χ2v) is 17.8. The van der Waals surface area contributed by atoms with Crippen molar-refractivity contribution in [1.82, 2.24) is 0 Å². The van der Waals surface area contributed by atoms with Crippen LogP contribution in [0.25, 0.3) is 0 Å². The van der Waals surface area contributed by atoms with Gasteiger partial charge in [-0.3, -0.25) is 14.4 Å². The Morgan fingerprint density at radius 1 is 0.375 bits per heavy atom. The Balaban J connectivity index is 4.30. The van der Waals surface area contributed by atoms with Gasteiger partial charge in [0.15, 0.2) is 6.10 Å². The zero-order valence-corrected chi connectivity index (χ0v) is 38.3. The Kier molecular flexibility index (Phi) is 41.8. The number of carbonyl (C=O) groups excluding carboxylic acids is 3. The molecule has 0 saturated carbocycles. The fraction of sp³-hybridized carbons (Fsp3) is 0.940. The fourth-order valence-electron chi connectivity index (χ4n) is 7.43. The SMILES string of the molecule is CCCCCCCCCCCCCCCCCCC(=O)OC[C@H](COC(=O)CCCCCCCCC(C)CC)OC(=O)CCCCCCCCCCCC(C)C. The summed E-state index contributed by atoms with van der Waals surface area (Å²) in [5.41, 5.74) is 0. The number of hydrogen-bond acceptors (Lipinski definition) is 6. The van der Waals surface area contributed by atoms with Crippen molar-refractivity contribution in [3.05, 3.63) is 0 Å². The van der Waals surface area contributed by atoms with Gasteiger partial charge in [0.25, 0.3) is 0 Å². The highest BCUT2D eigenvalue weighted by Gasteiger charge is 2.19. The predicted octanol–water partition coefficient (Wildman–Crippen LogP) is 15.8. The number of esters is 3. The highest BCUT2D eigenvalue weighted by Crippen LogP contribution is 2.17. The Morgan fingerprint density at radius 3 is 1.02 bits per heavy atom. The third-order valence-corrected chi connectivity index (χ3v) is 11.6. The summed E-state index contributed by atoms with van der Waals surface area (Å²) in [6.07, 6.45) is 42.3. The summed E-state index contributed by atoms with van der Waals surface area (Å²) < 4.78 is 16.8. The van der Waals surface area contributed by atoms with Crippen LogP contribution in [-0.4, -0.2) is 37.2 Å². The van der Waals surface area contributed by atoms with Crippen molar-refractivity contribution in [2.75, 3.05) is 13.2 Å². The third-order valence-electron chi connectivity index (χ3n) is 11.6. The van der Waals surface area contributed by atoms with E-state index < -0.39 is 6.10 Å². The summed E-state index contributed by atoms with van der Waals surface area (Å²) in [5.74, 6) is 0.764. The largest absolute Gasteiger partial charge is 0.462 e. The molecule has 6 heteroatoms. The lowest BCUT2D eigenvalue weighted by atomic mass is 10.00. The minimum atomic E-state index is -0.762. The van der Waals surface area contributed by atoms with Crippen LogP contribution < -0.4 is 0 Å². The van der Waals surface area contributed by atoms with E-state index in [4.69, 9.17) is 14.2 Å². The molecular weight excluding hydrogens is 697 g/mol. The van der Waals surface area contributed by atoms with Crippen LogP contribution in [-0.2, 0) is 28.6 Å². The third kappa shape index (κ3) is 42.0. The van der Waals surface area contributed by atoms with Crippen molar-refractivity contribution in [3.63, 3.8) is 0 Å². The van der Waals surface area contributed by atoms with Gasteiger partial charge >= 0.3 is 17.9 Å². The first-order valence-corrected chi connectivity index (χ1v) is 24.8. The summed E-state index contributed by atoms with van der Waals surface area (Å²) in [7, 11) is 0. The first-order chi connectivity index (χ1) is 27.3. The number of rotatable bonds is 44. The molecule has 0 aromatic heterocycles. The monoisotopic (exact) mass is 793 g/mol. The lowest BCUT2D eigenvalue weighted by Crippen LogP contribution is -2.30. The molecule has 0 aromatic carbocycles. The minimum Gasteiger partial charge on any atom is -0.462 e. The van der Waals surface area contributed by atoms with Crippen molar-refractivity contribution >= 4 is 17.9 Å². The molecule has 0 fully saturated rings. The van der Waals surface area contributed by atoms with Crippen LogP contribution in [0.2, 0.25) is 0 Å². The second-order valence-electron chi connectivity index (χ2n) is 17.8. The van der Waals surface area contributed by atoms with Gasteiger partial charge in [-0.1, -0.05) is 234 Å². The van der Waals surface area contributed by atoms with E-state index in [-0.39, 0.29) is 31.1 Å². The van der Waals surface area contributed by atoms with Crippen molar-refractivity contribution in [2.45, 2.75) is 278 Å². The smallest absolute Gasteiger partial charge is 0.306 e. The maximum Gasteiger partial charge on any atom is 0.306 e. The molecule has 0 radical (unpaired) electrons. The summed E-state index contributed by atoms with van der Waals surface area (Å²) in [6.45, 7) is 11.3. The summed E-state index contributed by atoms with van der Waals surface area (Å²) in [5, 5.41) is 0. The van der Waals surface area contributed by atoms with Gasteiger partial charge in [-0.15, -0.1) is 0 Å². The zero-order chi connectivity index (χ0) is 41.2. The van der Waals surface area contributed by atoms with E-state index in [9.17, 15) is 14.4 Å². The molecule has 6 nitrogen and oxygen atoms in total. The second kappa shape index (κ2) is 43.0. The molecule has 0 spiro atoms. The van der Waals surface area contributed by atoms with Gasteiger partial charge in [0, 0.05) is 19.3 Å². The molecular formula is C50H96O6. The maximum atomic E-state index is 12.7. The van der Waals surface area contributed by atoms with Crippen molar-refractivity contribution in [3.8, 4) is 0 Å². The van der Waals surface area contributed by atoms with Gasteiger partial charge < -0.3 is 14.2 Å². The molecule has 1 unspecified atom stereocenters. The molecule has 332 valence electrons. The van der Waals surface area contributed by atoms with Crippen LogP contribution >= 0.6 is 0 Å². The molecule has 2 atom stereocenters. The van der Waals surface area contributed by atoms with E-state index in [1.807, 2.05) is 0 Å². The molecule has 0 amide bonds. The summed E-state index contributed by atoms with van der Waals surface area (Å²) in [4.78, 5) is 37.8. The zero-order valence-electron chi connectivity index (χ0n) is 38.3. The van der Waals surface area contributed by atoms with Crippen molar-refractivity contribution in [2.24, 2.45) is 11.8 Å². The maximum absolute atomic E-state index is 12.7. The van der Waals surface area contributed by atoms with Gasteiger partial charge in [-0.25, -0.2) is 0 Å². The van der Waals surface area contributed by atoms with Crippen LogP contribution in [0.3, 0.4) is 0 Å². The molecule has 0 aliphatic heterocycles. The first-order valence-electron chi connectivity index (χ1n) is 24.8. The fourth-order valence-corrected chi connectivity index (χ4v) is 7.43. The summed E-state index contributed by atoms with van der Waals surface area (Å²) in [6, 6.07) is 0. The predicted molar refractivity (Wildman–Crippen MR) is 238 cm³/mol. The van der Waals surface area contributed by atoms with E-state index in [2.05, 4.69) is 34.6 Å². The molecule has 0 saturated heterocycles. The van der Waals surface area contributed by atoms with Gasteiger partial charge in [0.1, 0.15) is 13.2 Å². The highest BCUT2D eigenvalue weighted by atomic mass is 16.6. The van der Waals surface area contributed by atoms with E-state index in [1.54, 1.807) is 0 Å². The average Bonchev–Trinajstić information content (AvgIpc) is 3.18. The molecule has 56 heavy (non-hydrogen) atoms. The first kappa shape index (κ1) is 54.4. The number of hydrogen-bond donors (Lipinski definition) is 0. The van der Waals surface area contributed by atoms with E-state index in [0.29, 0.717) is 19.3 Å². The van der Waals surface area contributed by atoms with Crippen LogP contribution in [0.5, 0.6) is 0 Å². The standard InChI is InChI=1S/C50H96O6/c1-6-8-9-10-11-12-13-14-15-16-17-18-21-24-30-35-40-48(51)54-43-47(44-55-49(52)41-36-31-27-26-29-34-39-46(5)7-2)56-50(53)42-37-32-25-22-19-20-23-28-33-38-45(3)4/h45-47H,6-44H2,1-5H3/t46?,47-/m1/s1. The Labute approximate surface area is 348 Å². The molecule has 0 N–H and O–H groups in total. The van der Waals surface area contributed by atoms with Crippen LogP contribution in [0.15, 0.2) is 0 Å². The molecule has 0 rings (SSSR count). The van der Waals surface area contributed by atoms with Gasteiger partial charge in [-0.05, 0) is 31.1 Å². The quantitative estimate of drug-likeness (QED) is 0.0347. The number of ether oxygens (including phenoxy) is 3. The van der Waals surface area contributed by atoms with E-state index >= 15 is 0 Å². The topological polar surface area (TPSA) is 78.9 Å².